The first-order chi connectivity index (χ1) is 15.6. The molecular formula is C26H39IN4O2. The second kappa shape index (κ2) is 15.3. The lowest BCUT2D eigenvalue weighted by molar-refractivity contribution is -0.000599. The van der Waals surface area contributed by atoms with Gasteiger partial charge in [0.15, 0.2) is 5.96 Å². The van der Waals surface area contributed by atoms with Crippen LogP contribution in [-0.2, 0) is 17.8 Å². The molecule has 182 valence electrons. The summed E-state index contributed by atoms with van der Waals surface area (Å²) < 4.78 is 5.82. The number of nitrogens with one attached hydrogen (secondary N) is 2. The minimum atomic E-state index is -0.616. The van der Waals surface area contributed by atoms with Gasteiger partial charge in [-0.15, -0.1) is 24.0 Å². The van der Waals surface area contributed by atoms with Crippen LogP contribution in [-0.4, -0.2) is 54.9 Å². The second-order valence-corrected chi connectivity index (χ2v) is 8.42. The van der Waals surface area contributed by atoms with Crippen molar-refractivity contribution in [3.05, 3.63) is 71.3 Å². The predicted molar refractivity (Wildman–Crippen MR) is 146 cm³/mol. The zero-order valence-corrected chi connectivity index (χ0v) is 22.2. The Labute approximate surface area is 215 Å². The number of halogens is 1. The second-order valence-electron chi connectivity index (χ2n) is 8.42. The van der Waals surface area contributed by atoms with E-state index >= 15 is 0 Å². The lowest BCUT2D eigenvalue weighted by atomic mass is 10.1. The molecule has 0 amide bonds. The number of guanidine groups is 1. The van der Waals surface area contributed by atoms with Crippen LogP contribution in [0, 0.1) is 0 Å². The van der Waals surface area contributed by atoms with Crippen molar-refractivity contribution < 1.29 is 9.84 Å². The van der Waals surface area contributed by atoms with Crippen LogP contribution in [0.15, 0.2) is 59.6 Å². The van der Waals surface area contributed by atoms with Crippen LogP contribution in [0.3, 0.4) is 0 Å². The Morgan fingerprint density at radius 3 is 2.36 bits per heavy atom. The Balaban J connectivity index is 0.00000385. The molecule has 1 fully saturated rings. The largest absolute Gasteiger partial charge is 0.389 e. The lowest BCUT2D eigenvalue weighted by Crippen LogP contribution is -2.42. The summed E-state index contributed by atoms with van der Waals surface area (Å²) >= 11 is 0. The van der Waals surface area contributed by atoms with E-state index in [0.29, 0.717) is 19.0 Å². The monoisotopic (exact) mass is 566 g/mol. The van der Waals surface area contributed by atoms with Crippen molar-refractivity contribution in [2.24, 2.45) is 4.99 Å². The third-order valence-corrected chi connectivity index (χ3v) is 5.70. The molecule has 0 saturated carbocycles. The fourth-order valence-corrected chi connectivity index (χ4v) is 3.81. The standard InChI is InChI=1S/C26H38N4O2.HI/c1-3-27-26(29-18-25(31)20-32-21(2)24-9-5-4-6-10-24)28-17-22-11-13-23(14-12-22)19-30-15-7-8-16-30;/h4-6,9-14,21,25,31H,3,7-8,15-20H2,1-2H3,(H2,27,28,29);1H. The van der Waals surface area contributed by atoms with Crippen LogP contribution in [0.1, 0.15) is 49.5 Å². The Hall–Kier alpha value is -1.68. The molecule has 1 heterocycles. The molecule has 0 aliphatic carbocycles. The molecule has 2 atom stereocenters. The van der Waals surface area contributed by atoms with Gasteiger partial charge in [-0.2, -0.15) is 0 Å². The zero-order chi connectivity index (χ0) is 22.6. The maximum Gasteiger partial charge on any atom is 0.191 e. The summed E-state index contributed by atoms with van der Waals surface area (Å²) in [6.45, 7) is 9.50. The van der Waals surface area contributed by atoms with Gasteiger partial charge in [-0.25, -0.2) is 4.99 Å². The number of aliphatic hydroxyl groups is 1. The van der Waals surface area contributed by atoms with Gasteiger partial charge in [-0.05, 0) is 56.5 Å². The molecule has 7 heteroatoms. The average Bonchev–Trinajstić information content (AvgIpc) is 3.34. The number of nitrogens with zero attached hydrogens (tertiary/aromatic N) is 2. The van der Waals surface area contributed by atoms with E-state index in [4.69, 9.17) is 4.74 Å². The van der Waals surface area contributed by atoms with Gasteiger partial charge < -0.3 is 20.5 Å². The van der Waals surface area contributed by atoms with Crippen molar-refractivity contribution in [1.29, 1.82) is 0 Å². The molecule has 2 aromatic carbocycles. The Morgan fingerprint density at radius 1 is 1.03 bits per heavy atom. The van der Waals surface area contributed by atoms with Crippen LogP contribution in [0.25, 0.3) is 0 Å². The third kappa shape index (κ3) is 10.00. The van der Waals surface area contributed by atoms with Gasteiger partial charge in [0, 0.05) is 19.6 Å². The summed E-state index contributed by atoms with van der Waals surface area (Å²) in [7, 11) is 0. The van der Waals surface area contributed by atoms with E-state index in [2.05, 4.69) is 44.8 Å². The molecule has 2 unspecified atom stereocenters. The summed E-state index contributed by atoms with van der Waals surface area (Å²) in [5, 5.41) is 16.8. The summed E-state index contributed by atoms with van der Waals surface area (Å²) in [6.07, 6.45) is 1.97. The third-order valence-electron chi connectivity index (χ3n) is 5.70. The molecule has 6 nitrogen and oxygen atoms in total. The van der Waals surface area contributed by atoms with Gasteiger partial charge in [0.1, 0.15) is 0 Å². The van der Waals surface area contributed by atoms with Crippen LogP contribution in [0.4, 0.5) is 0 Å². The predicted octanol–water partition coefficient (Wildman–Crippen LogP) is 4.09. The van der Waals surface area contributed by atoms with E-state index in [1.165, 1.54) is 37.1 Å². The number of likely N-dealkylation sites (tertiary alicyclic amines) is 1. The maximum atomic E-state index is 10.3. The van der Waals surface area contributed by atoms with Gasteiger partial charge in [0.2, 0.25) is 0 Å². The molecule has 0 spiro atoms. The van der Waals surface area contributed by atoms with Crippen molar-refractivity contribution in [3.8, 4) is 0 Å². The normalized spacial score (nSPS) is 16.2. The zero-order valence-electron chi connectivity index (χ0n) is 19.9. The molecule has 0 bridgehead atoms. The molecule has 0 radical (unpaired) electrons. The van der Waals surface area contributed by atoms with Crippen molar-refractivity contribution in [2.75, 3.05) is 32.8 Å². The van der Waals surface area contributed by atoms with Crippen LogP contribution < -0.4 is 10.6 Å². The smallest absolute Gasteiger partial charge is 0.191 e. The van der Waals surface area contributed by atoms with E-state index in [9.17, 15) is 5.11 Å². The number of aliphatic hydroxyl groups excluding tert-OH is 1. The number of benzene rings is 2. The quantitative estimate of drug-likeness (QED) is 0.217. The van der Waals surface area contributed by atoms with E-state index in [-0.39, 0.29) is 36.7 Å². The Kier molecular flexibility index (Phi) is 12.8. The highest BCUT2D eigenvalue weighted by Crippen LogP contribution is 2.16. The average molecular weight is 567 g/mol. The first-order valence-electron chi connectivity index (χ1n) is 11.8. The highest BCUT2D eigenvalue weighted by Gasteiger charge is 2.12. The topological polar surface area (TPSA) is 69.1 Å². The highest BCUT2D eigenvalue weighted by atomic mass is 127. The van der Waals surface area contributed by atoms with Crippen LogP contribution in [0.5, 0.6) is 0 Å². The molecule has 2 aromatic rings. The minimum absolute atomic E-state index is 0. The van der Waals surface area contributed by atoms with Gasteiger partial charge in [0.25, 0.3) is 0 Å². The molecule has 1 saturated heterocycles. The Morgan fingerprint density at radius 2 is 1.70 bits per heavy atom. The number of hydrogen-bond donors (Lipinski definition) is 3. The summed E-state index contributed by atoms with van der Waals surface area (Å²) in [6, 6.07) is 18.8. The number of hydrogen-bond acceptors (Lipinski definition) is 4. The van der Waals surface area contributed by atoms with Gasteiger partial charge in [-0.3, -0.25) is 4.90 Å². The van der Waals surface area contributed by atoms with E-state index < -0.39 is 6.10 Å². The van der Waals surface area contributed by atoms with Crippen molar-refractivity contribution >= 4 is 29.9 Å². The fourth-order valence-electron chi connectivity index (χ4n) is 3.81. The summed E-state index contributed by atoms with van der Waals surface area (Å²) in [5.41, 5.74) is 3.64. The van der Waals surface area contributed by atoms with Crippen molar-refractivity contribution in [1.82, 2.24) is 15.5 Å². The molecule has 33 heavy (non-hydrogen) atoms. The molecule has 0 aromatic heterocycles. The number of rotatable bonds is 11. The summed E-state index contributed by atoms with van der Waals surface area (Å²) in [4.78, 5) is 7.17. The SMILES string of the molecule is CCNC(=NCc1ccc(CN2CCCC2)cc1)NCC(O)COC(C)c1ccccc1.I. The van der Waals surface area contributed by atoms with E-state index in [1.54, 1.807) is 0 Å². The van der Waals surface area contributed by atoms with E-state index in [1.807, 2.05) is 44.2 Å². The molecule has 3 rings (SSSR count). The fraction of sp³-hybridized carbons (Fsp3) is 0.500. The first kappa shape index (κ1) is 27.6. The van der Waals surface area contributed by atoms with Crippen molar-refractivity contribution in [2.45, 2.75) is 52.0 Å². The molecule has 1 aliphatic rings. The minimum Gasteiger partial charge on any atom is -0.389 e. The maximum absolute atomic E-state index is 10.3. The number of ether oxygens (including phenoxy) is 1. The highest BCUT2D eigenvalue weighted by molar-refractivity contribution is 14.0. The molecular weight excluding hydrogens is 527 g/mol. The van der Waals surface area contributed by atoms with Crippen molar-refractivity contribution in [3.63, 3.8) is 0 Å². The lowest BCUT2D eigenvalue weighted by Gasteiger charge is -2.18. The number of aliphatic imine (C=N–C) groups is 1. The molecule has 1 aliphatic heterocycles. The Bertz CT molecular complexity index is 811. The van der Waals surface area contributed by atoms with Gasteiger partial charge in [0.05, 0.1) is 25.4 Å². The van der Waals surface area contributed by atoms with Crippen LogP contribution in [0.2, 0.25) is 0 Å². The van der Waals surface area contributed by atoms with Gasteiger partial charge in [-0.1, -0.05) is 54.6 Å². The summed E-state index contributed by atoms with van der Waals surface area (Å²) in [5.74, 6) is 0.698. The van der Waals surface area contributed by atoms with E-state index in [0.717, 1.165) is 18.7 Å². The molecule has 3 N–H and O–H groups in total. The van der Waals surface area contributed by atoms with Crippen LogP contribution >= 0.6 is 24.0 Å². The first-order valence-corrected chi connectivity index (χ1v) is 11.8. The van der Waals surface area contributed by atoms with Gasteiger partial charge >= 0.3 is 0 Å².